The van der Waals surface area contributed by atoms with Gasteiger partial charge >= 0.3 is 6.03 Å². The van der Waals surface area contributed by atoms with Crippen molar-refractivity contribution in [3.05, 3.63) is 29.3 Å². The molecule has 0 aromatic heterocycles. The zero-order valence-electron chi connectivity index (χ0n) is 16.2. The minimum atomic E-state index is -3.64. The second-order valence-electron chi connectivity index (χ2n) is 7.17. The first-order valence-electron chi connectivity index (χ1n) is 9.02. The Morgan fingerprint density at radius 1 is 1.07 bits per heavy atom. The number of hydrogen-bond donors (Lipinski definition) is 0. The SMILES string of the molecule is Cc1ccc(C)c(S(=O)(=O)N2CCN(C(=O)CN3C(=O)CN(C)C3=O)CC2)c1. The molecule has 0 spiro atoms. The zero-order chi connectivity index (χ0) is 20.6. The highest BCUT2D eigenvalue weighted by molar-refractivity contribution is 7.89. The lowest BCUT2D eigenvalue weighted by atomic mass is 10.2. The van der Waals surface area contributed by atoms with Gasteiger partial charge < -0.3 is 9.80 Å². The van der Waals surface area contributed by atoms with Gasteiger partial charge in [-0.3, -0.25) is 14.5 Å². The summed E-state index contributed by atoms with van der Waals surface area (Å²) < 4.78 is 27.3. The number of urea groups is 1. The highest BCUT2D eigenvalue weighted by Crippen LogP contribution is 2.22. The van der Waals surface area contributed by atoms with Gasteiger partial charge in [-0.15, -0.1) is 0 Å². The van der Waals surface area contributed by atoms with E-state index in [-0.39, 0.29) is 50.1 Å². The highest BCUT2D eigenvalue weighted by Gasteiger charge is 2.37. The van der Waals surface area contributed by atoms with Crippen LogP contribution in [0.25, 0.3) is 0 Å². The van der Waals surface area contributed by atoms with Crippen LogP contribution in [0, 0.1) is 13.8 Å². The van der Waals surface area contributed by atoms with E-state index in [4.69, 9.17) is 0 Å². The number of aryl methyl sites for hydroxylation is 2. The third-order valence-electron chi connectivity index (χ3n) is 5.08. The first-order chi connectivity index (χ1) is 13.1. The maximum atomic E-state index is 13.0. The molecule has 10 heteroatoms. The van der Waals surface area contributed by atoms with Crippen molar-refractivity contribution in [1.29, 1.82) is 0 Å². The van der Waals surface area contributed by atoms with Gasteiger partial charge in [0.15, 0.2) is 0 Å². The Kier molecular flexibility index (Phi) is 5.44. The summed E-state index contributed by atoms with van der Waals surface area (Å²) in [5.41, 5.74) is 1.54. The van der Waals surface area contributed by atoms with E-state index in [1.807, 2.05) is 13.0 Å². The quantitative estimate of drug-likeness (QED) is 0.655. The zero-order valence-corrected chi connectivity index (χ0v) is 17.0. The molecular weight excluding hydrogens is 384 g/mol. The van der Waals surface area contributed by atoms with Gasteiger partial charge in [-0.2, -0.15) is 4.31 Å². The molecular formula is C18H24N4O5S. The molecule has 1 aromatic rings. The predicted octanol–water partition coefficient (Wildman–Crippen LogP) is 0.0303. The van der Waals surface area contributed by atoms with E-state index in [1.165, 1.54) is 21.2 Å². The summed E-state index contributed by atoms with van der Waals surface area (Å²) in [5, 5.41) is 0. The number of benzene rings is 1. The van der Waals surface area contributed by atoms with Crippen molar-refractivity contribution in [2.75, 3.05) is 46.3 Å². The van der Waals surface area contributed by atoms with Crippen molar-refractivity contribution in [2.24, 2.45) is 0 Å². The van der Waals surface area contributed by atoms with E-state index in [9.17, 15) is 22.8 Å². The summed E-state index contributed by atoms with van der Waals surface area (Å²) in [4.78, 5) is 40.2. The van der Waals surface area contributed by atoms with E-state index >= 15 is 0 Å². The second kappa shape index (κ2) is 7.51. The van der Waals surface area contributed by atoms with Crippen LogP contribution in [-0.4, -0.2) is 91.6 Å². The number of sulfonamides is 1. The van der Waals surface area contributed by atoms with Gasteiger partial charge in [0.05, 0.1) is 4.90 Å². The lowest BCUT2D eigenvalue weighted by Gasteiger charge is -2.34. The number of carbonyl (C=O) groups is 3. The summed E-state index contributed by atoms with van der Waals surface area (Å²) in [6, 6.07) is 4.81. The molecule has 28 heavy (non-hydrogen) atoms. The Hall–Kier alpha value is -2.46. The van der Waals surface area contributed by atoms with Crippen molar-refractivity contribution in [3.8, 4) is 0 Å². The summed E-state index contributed by atoms with van der Waals surface area (Å²) in [6.07, 6.45) is 0. The molecule has 2 aliphatic heterocycles. The van der Waals surface area contributed by atoms with Crippen LogP contribution in [0.15, 0.2) is 23.1 Å². The molecule has 2 saturated heterocycles. The maximum absolute atomic E-state index is 13.0. The second-order valence-corrected chi connectivity index (χ2v) is 9.08. The van der Waals surface area contributed by atoms with Gasteiger partial charge in [0.2, 0.25) is 15.9 Å². The van der Waals surface area contributed by atoms with E-state index in [0.29, 0.717) is 5.56 Å². The molecule has 4 amide bonds. The van der Waals surface area contributed by atoms with Crippen molar-refractivity contribution < 1.29 is 22.8 Å². The first-order valence-corrected chi connectivity index (χ1v) is 10.5. The average molecular weight is 408 g/mol. The Morgan fingerprint density at radius 3 is 2.29 bits per heavy atom. The fourth-order valence-electron chi connectivity index (χ4n) is 3.36. The number of nitrogens with zero attached hydrogens (tertiary/aromatic N) is 4. The maximum Gasteiger partial charge on any atom is 0.327 e. The average Bonchev–Trinajstić information content (AvgIpc) is 2.89. The smallest absolute Gasteiger partial charge is 0.327 e. The molecule has 0 radical (unpaired) electrons. The van der Waals surface area contributed by atoms with Gasteiger partial charge in [-0.25, -0.2) is 13.2 Å². The molecule has 0 bridgehead atoms. The van der Waals surface area contributed by atoms with Gasteiger partial charge in [-0.1, -0.05) is 12.1 Å². The molecule has 0 unspecified atom stereocenters. The van der Waals surface area contributed by atoms with Crippen LogP contribution in [0.5, 0.6) is 0 Å². The fourth-order valence-corrected chi connectivity index (χ4v) is 5.09. The van der Waals surface area contributed by atoms with E-state index in [0.717, 1.165) is 10.5 Å². The van der Waals surface area contributed by atoms with Gasteiger partial charge in [0.1, 0.15) is 13.1 Å². The summed E-state index contributed by atoms with van der Waals surface area (Å²) in [5.74, 6) is -0.766. The van der Waals surface area contributed by atoms with Crippen LogP contribution >= 0.6 is 0 Å². The number of carbonyl (C=O) groups excluding carboxylic acids is 3. The van der Waals surface area contributed by atoms with Crippen molar-refractivity contribution in [1.82, 2.24) is 19.0 Å². The molecule has 3 rings (SSSR count). The Balaban J connectivity index is 1.64. The minimum absolute atomic E-state index is 0.0338. The first kappa shape index (κ1) is 20.3. The Morgan fingerprint density at radius 2 is 1.71 bits per heavy atom. The van der Waals surface area contributed by atoms with Crippen LogP contribution in [-0.2, 0) is 19.6 Å². The Bertz CT molecular complexity index is 922. The number of hydrogen-bond acceptors (Lipinski definition) is 5. The number of rotatable bonds is 4. The molecule has 9 nitrogen and oxygen atoms in total. The minimum Gasteiger partial charge on any atom is -0.338 e. The van der Waals surface area contributed by atoms with Crippen LogP contribution in [0.3, 0.4) is 0 Å². The van der Waals surface area contributed by atoms with E-state index in [1.54, 1.807) is 19.1 Å². The lowest BCUT2D eigenvalue weighted by Crippen LogP contribution is -2.53. The van der Waals surface area contributed by atoms with Gasteiger partial charge in [-0.05, 0) is 31.0 Å². The number of amides is 4. The fraction of sp³-hybridized carbons (Fsp3) is 0.500. The van der Waals surface area contributed by atoms with Crippen LogP contribution in [0.4, 0.5) is 4.79 Å². The molecule has 0 saturated carbocycles. The topological polar surface area (TPSA) is 98.3 Å². The van der Waals surface area contributed by atoms with Gasteiger partial charge in [0, 0.05) is 33.2 Å². The van der Waals surface area contributed by atoms with E-state index < -0.39 is 22.0 Å². The predicted molar refractivity (Wildman–Crippen MR) is 101 cm³/mol. The molecule has 0 N–H and O–H groups in total. The highest BCUT2D eigenvalue weighted by atomic mass is 32.2. The molecule has 0 aliphatic carbocycles. The monoisotopic (exact) mass is 408 g/mol. The molecule has 1 aromatic carbocycles. The standard InChI is InChI=1S/C18H24N4O5S/c1-13-4-5-14(2)15(10-13)28(26,27)21-8-6-20(7-9-21)16(23)12-22-17(24)11-19(3)18(22)25/h4-5,10H,6-9,11-12H2,1-3H3. The Labute approximate surface area is 164 Å². The normalized spacial score (nSPS) is 18.9. The van der Waals surface area contributed by atoms with Crippen LogP contribution < -0.4 is 0 Å². The number of likely N-dealkylation sites (N-methyl/N-ethyl adjacent to an activating group) is 1. The van der Waals surface area contributed by atoms with Crippen molar-refractivity contribution in [2.45, 2.75) is 18.7 Å². The molecule has 2 fully saturated rings. The third-order valence-corrected chi connectivity index (χ3v) is 7.12. The van der Waals surface area contributed by atoms with Crippen LogP contribution in [0.2, 0.25) is 0 Å². The molecule has 152 valence electrons. The van der Waals surface area contributed by atoms with Crippen LogP contribution in [0.1, 0.15) is 11.1 Å². The molecule has 0 atom stereocenters. The summed E-state index contributed by atoms with van der Waals surface area (Å²) >= 11 is 0. The van der Waals surface area contributed by atoms with Crippen molar-refractivity contribution >= 4 is 27.9 Å². The van der Waals surface area contributed by atoms with Crippen molar-refractivity contribution in [3.63, 3.8) is 0 Å². The molecule has 2 heterocycles. The third kappa shape index (κ3) is 3.74. The molecule has 2 aliphatic rings. The van der Waals surface area contributed by atoms with E-state index in [2.05, 4.69) is 0 Å². The number of piperazine rings is 1. The summed E-state index contributed by atoms with van der Waals surface area (Å²) in [7, 11) is -2.14. The lowest BCUT2D eigenvalue weighted by molar-refractivity contribution is -0.137. The van der Waals surface area contributed by atoms with Gasteiger partial charge in [0.25, 0.3) is 5.91 Å². The summed E-state index contributed by atoms with van der Waals surface area (Å²) in [6.45, 7) is 4.02. The largest absolute Gasteiger partial charge is 0.338 e. The number of imide groups is 1.